The molecule has 4 aliphatic rings. The highest BCUT2D eigenvalue weighted by molar-refractivity contribution is 5.91. The van der Waals surface area contributed by atoms with Gasteiger partial charge < -0.3 is 9.84 Å². The summed E-state index contributed by atoms with van der Waals surface area (Å²) in [5.74, 6) is 2.31. The Morgan fingerprint density at radius 1 is 1.17 bits per heavy atom. The van der Waals surface area contributed by atoms with Crippen LogP contribution in [0.2, 0.25) is 0 Å². The highest BCUT2D eigenvalue weighted by Gasteiger charge is 2.60. The molecule has 3 nitrogen and oxygen atoms in total. The zero-order valence-corrected chi connectivity index (χ0v) is 15.2. The number of ether oxygens (including phenoxy) is 1. The van der Waals surface area contributed by atoms with E-state index in [4.69, 9.17) is 4.74 Å². The van der Waals surface area contributed by atoms with Crippen LogP contribution >= 0.6 is 0 Å². The number of aliphatic hydroxyl groups excluding tert-OH is 1. The number of carbonyl (C=O) groups is 1. The van der Waals surface area contributed by atoms with Gasteiger partial charge in [0.1, 0.15) is 0 Å². The van der Waals surface area contributed by atoms with Crippen molar-refractivity contribution >= 4 is 5.78 Å². The summed E-state index contributed by atoms with van der Waals surface area (Å²) in [6, 6.07) is 0. The first-order valence-electron chi connectivity index (χ1n) is 10.0. The minimum atomic E-state index is -0.115. The maximum absolute atomic E-state index is 12.0. The van der Waals surface area contributed by atoms with Crippen LogP contribution in [0.1, 0.15) is 65.2 Å². The summed E-state index contributed by atoms with van der Waals surface area (Å²) in [7, 11) is 0. The van der Waals surface area contributed by atoms with E-state index in [2.05, 4.69) is 13.8 Å². The molecule has 0 aromatic rings. The summed E-state index contributed by atoms with van der Waals surface area (Å²) in [5, 5.41) is 10.6. The summed E-state index contributed by atoms with van der Waals surface area (Å²) in [6.07, 6.45) is 10.3. The van der Waals surface area contributed by atoms with Gasteiger partial charge in [-0.3, -0.25) is 4.79 Å². The van der Waals surface area contributed by atoms with Crippen molar-refractivity contribution in [3.05, 3.63) is 11.6 Å². The predicted octanol–water partition coefficient (Wildman–Crippen LogP) is 3.90. The van der Waals surface area contributed by atoms with Crippen LogP contribution in [0.5, 0.6) is 0 Å². The van der Waals surface area contributed by atoms with Crippen molar-refractivity contribution in [1.82, 2.24) is 0 Å². The van der Waals surface area contributed by atoms with E-state index in [1.54, 1.807) is 0 Å². The fourth-order valence-corrected chi connectivity index (χ4v) is 6.89. The highest BCUT2D eigenvalue weighted by atomic mass is 16.5. The van der Waals surface area contributed by atoms with Crippen LogP contribution in [0.15, 0.2) is 11.6 Å². The molecule has 0 aliphatic heterocycles. The van der Waals surface area contributed by atoms with Crippen molar-refractivity contribution in [2.24, 2.45) is 28.6 Å². The molecule has 0 radical (unpaired) electrons. The third-order valence-corrected chi connectivity index (χ3v) is 8.20. The van der Waals surface area contributed by atoms with Gasteiger partial charge in [-0.25, -0.2) is 0 Å². The molecule has 0 spiro atoms. The maximum Gasteiger partial charge on any atom is 0.155 e. The van der Waals surface area contributed by atoms with Gasteiger partial charge in [-0.05, 0) is 81.1 Å². The Labute approximate surface area is 145 Å². The Morgan fingerprint density at radius 2 is 2.00 bits per heavy atom. The minimum Gasteiger partial charge on any atom is -0.393 e. The van der Waals surface area contributed by atoms with Crippen LogP contribution in [0, 0.1) is 28.6 Å². The molecular formula is C21H32O3. The first-order chi connectivity index (χ1) is 11.5. The van der Waals surface area contributed by atoms with E-state index >= 15 is 0 Å². The van der Waals surface area contributed by atoms with Crippen molar-refractivity contribution < 1.29 is 14.6 Å². The van der Waals surface area contributed by atoms with E-state index in [9.17, 15) is 9.90 Å². The number of hydrogen-bond acceptors (Lipinski definition) is 3. The lowest BCUT2D eigenvalue weighted by molar-refractivity contribution is -0.121. The molecule has 0 unspecified atom stereocenters. The van der Waals surface area contributed by atoms with Gasteiger partial charge in [0, 0.05) is 18.4 Å². The van der Waals surface area contributed by atoms with E-state index in [0.717, 1.165) is 38.9 Å². The van der Waals surface area contributed by atoms with E-state index in [0.29, 0.717) is 30.0 Å². The minimum absolute atomic E-state index is 0.0989. The Balaban J connectivity index is 1.69. The largest absolute Gasteiger partial charge is 0.393 e. The molecule has 0 bridgehead atoms. The average molecular weight is 332 g/mol. The molecule has 134 valence electrons. The lowest BCUT2D eigenvalue weighted by atomic mass is 9.47. The SMILES string of the molecule is CCOC[C@]12CCC(=O)C=C1CC[C@@H]1[C@@H]2CC[C@]2(C)[C@@H](O)CC[C@@H]12. The van der Waals surface area contributed by atoms with Crippen LogP contribution in [-0.4, -0.2) is 30.2 Å². The third-order valence-electron chi connectivity index (χ3n) is 8.20. The van der Waals surface area contributed by atoms with Crippen molar-refractivity contribution in [2.45, 2.75) is 71.3 Å². The monoisotopic (exact) mass is 332 g/mol. The number of fused-ring (bicyclic) bond motifs is 5. The van der Waals surface area contributed by atoms with Gasteiger partial charge in [0.15, 0.2) is 5.78 Å². The van der Waals surface area contributed by atoms with Gasteiger partial charge in [-0.1, -0.05) is 12.5 Å². The quantitative estimate of drug-likeness (QED) is 0.853. The summed E-state index contributed by atoms with van der Waals surface area (Å²) in [5.41, 5.74) is 1.61. The molecule has 3 heteroatoms. The molecule has 0 heterocycles. The molecule has 24 heavy (non-hydrogen) atoms. The van der Waals surface area contributed by atoms with Crippen LogP contribution in [0.4, 0.5) is 0 Å². The third kappa shape index (κ3) is 2.27. The number of carbonyl (C=O) groups excluding carboxylic acids is 1. The van der Waals surface area contributed by atoms with Gasteiger partial charge in [-0.2, -0.15) is 0 Å². The lowest BCUT2D eigenvalue weighted by Crippen LogP contribution is -2.53. The summed E-state index contributed by atoms with van der Waals surface area (Å²) in [6.45, 7) is 5.94. The van der Waals surface area contributed by atoms with Crippen LogP contribution in [0.25, 0.3) is 0 Å². The van der Waals surface area contributed by atoms with Crippen LogP contribution in [-0.2, 0) is 9.53 Å². The molecular weight excluding hydrogens is 300 g/mol. The predicted molar refractivity (Wildman–Crippen MR) is 93.5 cm³/mol. The summed E-state index contributed by atoms with van der Waals surface area (Å²) in [4.78, 5) is 12.0. The summed E-state index contributed by atoms with van der Waals surface area (Å²) >= 11 is 0. The molecule has 0 aromatic carbocycles. The Kier molecular flexibility index (Phi) is 4.16. The van der Waals surface area contributed by atoms with Gasteiger partial charge in [0.25, 0.3) is 0 Å². The zero-order chi connectivity index (χ0) is 16.9. The Morgan fingerprint density at radius 3 is 2.79 bits per heavy atom. The van der Waals surface area contributed by atoms with Crippen molar-refractivity contribution in [3.63, 3.8) is 0 Å². The molecule has 6 atom stereocenters. The van der Waals surface area contributed by atoms with E-state index in [1.807, 2.05) is 6.08 Å². The molecule has 1 N–H and O–H groups in total. The summed E-state index contributed by atoms with van der Waals surface area (Å²) < 4.78 is 5.97. The van der Waals surface area contributed by atoms with Crippen molar-refractivity contribution in [1.29, 1.82) is 0 Å². The van der Waals surface area contributed by atoms with E-state index in [1.165, 1.54) is 24.8 Å². The molecule has 0 amide bonds. The van der Waals surface area contributed by atoms with Crippen molar-refractivity contribution in [2.75, 3.05) is 13.2 Å². The van der Waals surface area contributed by atoms with Crippen LogP contribution < -0.4 is 0 Å². The van der Waals surface area contributed by atoms with Crippen molar-refractivity contribution in [3.8, 4) is 0 Å². The van der Waals surface area contributed by atoms with Gasteiger partial charge in [0.2, 0.25) is 0 Å². The first-order valence-corrected chi connectivity index (χ1v) is 10.0. The number of aliphatic hydroxyl groups is 1. The topological polar surface area (TPSA) is 46.5 Å². The second-order valence-corrected chi connectivity index (χ2v) is 8.98. The molecule has 3 fully saturated rings. The Bertz CT molecular complexity index is 553. The average Bonchev–Trinajstić information content (AvgIpc) is 2.88. The maximum atomic E-state index is 12.0. The molecule has 4 aliphatic carbocycles. The van der Waals surface area contributed by atoms with Gasteiger partial charge >= 0.3 is 0 Å². The van der Waals surface area contributed by atoms with Gasteiger partial charge in [0.05, 0.1) is 12.7 Å². The highest BCUT2D eigenvalue weighted by Crippen LogP contribution is 2.65. The Hall–Kier alpha value is -0.670. The number of ketones is 1. The molecule has 0 aromatic heterocycles. The normalized spacial score (nSPS) is 47.6. The fourth-order valence-electron chi connectivity index (χ4n) is 6.89. The lowest BCUT2D eigenvalue weighted by Gasteiger charge is -2.58. The number of rotatable bonds is 3. The zero-order valence-electron chi connectivity index (χ0n) is 15.2. The van der Waals surface area contributed by atoms with E-state index in [-0.39, 0.29) is 16.9 Å². The fraction of sp³-hybridized carbons (Fsp3) is 0.857. The van der Waals surface area contributed by atoms with Crippen LogP contribution in [0.3, 0.4) is 0 Å². The van der Waals surface area contributed by atoms with Gasteiger partial charge in [-0.15, -0.1) is 0 Å². The second-order valence-electron chi connectivity index (χ2n) is 8.98. The molecule has 3 saturated carbocycles. The first kappa shape index (κ1) is 16.8. The molecule has 0 saturated heterocycles. The standard InChI is InChI=1S/C21H32O3/c1-3-24-13-21-11-8-15(22)12-14(21)4-5-16-17-6-7-19(23)20(17,2)10-9-18(16)21/h12,16-19,23H,3-11,13H2,1-2H3/t16-,17-,18-,19-,20-,21+/m0/s1. The second kappa shape index (κ2) is 5.95. The smallest absolute Gasteiger partial charge is 0.155 e. The molecule has 4 rings (SSSR count). The van der Waals surface area contributed by atoms with E-state index < -0.39 is 0 Å². The number of hydrogen-bond donors (Lipinski definition) is 1.